The molecule has 0 saturated carbocycles. The lowest BCUT2D eigenvalue weighted by atomic mass is 9.91. The molecule has 8 nitrogen and oxygen atoms in total. The van der Waals surface area contributed by atoms with E-state index in [1.165, 1.54) is 42.5 Å². The van der Waals surface area contributed by atoms with Gasteiger partial charge < -0.3 is 24.4 Å². The summed E-state index contributed by atoms with van der Waals surface area (Å²) in [6.45, 7) is 3.64. The van der Waals surface area contributed by atoms with E-state index >= 15 is 0 Å². The summed E-state index contributed by atoms with van der Waals surface area (Å²) >= 11 is 1.22. The van der Waals surface area contributed by atoms with Crippen LogP contribution in [0.4, 0.5) is 19.2 Å². The largest absolute Gasteiger partial charge is 0.573 e. The lowest BCUT2D eigenvalue weighted by Crippen LogP contribution is -2.52. The van der Waals surface area contributed by atoms with Crippen LogP contribution in [-0.4, -0.2) is 56.9 Å². The van der Waals surface area contributed by atoms with Crippen LogP contribution in [0.3, 0.4) is 0 Å². The Hall–Kier alpha value is -2.41. The van der Waals surface area contributed by atoms with E-state index in [0.29, 0.717) is 18.1 Å². The lowest BCUT2D eigenvalue weighted by Gasteiger charge is -2.36. The number of anilines is 1. The van der Waals surface area contributed by atoms with Gasteiger partial charge in [-0.3, -0.25) is 0 Å². The summed E-state index contributed by atoms with van der Waals surface area (Å²) in [4.78, 5) is 10.4. The maximum atomic E-state index is 13.4. The van der Waals surface area contributed by atoms with E-state index in [4.69, 9.17) is 4.42 Å². The first-order chi connectivity index (χ1) is 15.0. The Kier molecular flexibility index (Phi) is 4.89. The minimum absolute atomic E-state index is 0.0719. The second kappa shape index (κ2) is 7.30. The summed E-state index contributed by atoms with van der Waals surface area (Å²) in [5.41, 5.74) is -1.51. The molecule has 172 valence electrons. The second-order valence-corrected chi connectivity index (χ2v) is 9.48. The van der Waals surface area contributed by atoms with Crippen LogP contribution in [0.25, 0.3) is 21.7 Å². The summed E-state index contributed by atoms with van der Waals surface area (Å²) in [7, 11) is 0. The van der Waals surface area contributed by atoms with Crippen molar-refractivity contribution in [1.82, 2.24) is 15.0 Å². The number of alkyl halides is 3. The third-order valence-corrected chi connectivity index (χ3v) is 6.64. The van der Waals surface area contributed by atoms with Gasteiger partial charge in [-0.25, -0.2) is 4.98 Å². The number of hydroxylamine groups is 2. The molecule has 3 aromatic rings. The summed E-state index contributed by atoms with van der Waals surface area (Å²) in [6, 6.07) is 1.51. The quantitative estimate of drug-likeness (QED) is 0.588. The Bertz CT molecular complexity index is 1130. The molecule has 0 amide bonds. The number of nitrogens with zero attached hydrogens (tertiary/aromatic N) is 4. The van der Waals surface area contributed by atoms with Crippen LogP contribution in [0.15, 0.2) is 22.1 Å². The van der Waals surface area contributed by atoms with E-state index in [1.54, 1.807) is 5.38 Å². The zero-order valence-corrected chi connectivity index (χ0v) is 18.1. The molecule has 2 saturated heterocycles. The number of benzene rings is 1. The molecule has 2 N–H and O–H groups in total. The van der Waals surface area contributed by atoms with E-state index in [2.05, 4.69) is 14.7 Å². The standard InChI is InChI=1S/C20H21F3N4O4S/c1-19(2,28)14-12(17-24-5-6-32-17)7-13-15(16(14)31-20(21,22)23)25-18(30-13)26-8-10-3-4-11(9-26)27(10)29/h5-7,10-11,28-29H,3-4,8-9H2,1-2H3. The van der Waals surface area contributed by atoms with Crippen molar-refractivity contribution in [2.75, 3.05) is 18.0 Å². The van der Waals surface area contributed by atoms with Gasteiger partial charge >= 0.3 is 6.36 Å². The van der Waals surface area contributed by atoms with Crippen molar-refractivity contribution in [1.29, 1.82) is 0 Å². The van der Waals surface area contributed by atoms with Gasteiger partial charge in [0.2, 0.25) is 0 Å². The van der Waals surface area contributed by atoms with Gasteiger partial charge in [0, 0.05) is 35.8 Å². The Morgan fingerprint density at radius 2 is 1.91 bits per heavy atom. The number of halogens is 3. The molecule has 2 aromatic heterocycles. The highest BCUT2D eigenvalue weighted by atomic mass is 32.1. The van der Waals surface area contributed by atoms with E-state index in [9.17, 15) is 23.5 Å². The number of rotatable bonds is 4. The second-order valence-electron chi connectivity index (χ2n) is 8.59. The topological polar surface area (TPSA) is 95.1 Å². The number of hydrogen-bond acceptors (Lipinski definition) is 9. The molecule has 2 aliphatic rings. The van der Waals surface area contributed by atoms with E-state index in [-0.39, 0.29) is 40.3 Å². The fourth-order valence-corrected chi connectivity index (χ4v) is 5.20. The van der Waals surface area contributed by atoms with Crippen LogP contribution >= 0.6 is 11.3 Å². The van der Waals surface area contributed by atoms with Crippen molar-refractivity contribution in [3.63, 3.8) is 0 Å². The number of hydrogen-bond donors (Lipinski definition) is 2. The molecule has 1 aromatic carbocycles. The molecule has 0 aliphatic carbocycles. The van der Waals surface area contributed by atoms with Gasteiger partial charge in [0.25, 0.3) is 6.01 Å². The lowest BCUT2D eigenvalue weighted by molar-refractivity contribution is -0.274. The molecule has 5 rings (SSSR count). The van der Waals surface area contributed by atoms with E-state index < -0.39 is 17.7 Å². The third kappa shape index (κ3) is 3.70. The SMILES string of the molecule is CC(C)(O)c1c(-c2nccs2)cc2oc(N3CC4CCC(C3)N4O)nc2c1OC(F)(F)F. The summed E-state index contributed by atoms with van der Waals surface area (Å²) in [5.74, 6) is -0.605. The molecule has 4 heterocycles. The summed E-state index contributed by atoms with van der Waals surface area (Å²) in [6.07, 6.45) is -1.84. The Morgan fingerprint density at radius 1 is 1.22 bits per heavy atom. The number of aliphatic hydroxyl groups is 1. The predicted octanol–water partition coefficient (Wildman–Crippen LogP) is 4.12. The maximum absolute atomic E-state index is 13.4. The first kappa shape index (κ1) is 21.4. The molecule has 2 aliphatic heterocycles. The highest BCUT2D eigenvalue weighted by Crippen LogP contribution is 2.46. The van der Waals surface area contributed by atoms with Crippen molar-refractivity contribution in [2.45, 2.75) is 50.7 Å². The van der Waals surface area contributed by atoms with Crippen LogP contribution in [0.5, 0.6) is 5.75 Å². The zero-order valence-electron chi connectivity index (χ0n) is 17.3. The fourth-order valence-electron chi connectivity index (χ4n) is 4.54. The van der Waals surface area contributed by atoms with Gasteiger partial charge in [0.1, 0.15) is 5.01 Å². The molecule has 32 heavy (non-hydrogen) atoms. The molecule has 12 heteroatoms. The number of ether oxygens (including phenoxy) is 1. The van der Waals surface area contributed by atoms with Crippen LogP contribution in [-0.2, 0) is 5.60 Å². The molecular weight excluding hydrogens is 449 g/mol. The van der Waals surface area contributed by atoms with Crippen LogP contribution in [0.2, 0.25) is 0 Å². The molecule has 0 spiro atoms. The molecule has 2 atom stereocenters. The van der Waals surface area contributed by atoms with Crippen LogP contribution in [0.1, 0.15) is 32.3 Å². The van der Waals surface area contributed by atoms with Crippen molar-refractivity contribution < 1.29 is 32.6 Å². The minimum Gasteiger partial charge on any atom is -0.423 e. The molecule has 0 radical (unpaired) electrons. The zero-order chi connectivity index (χ0) is 22.8. The summed E-state index contributed by atoms with van der Waals surface area (Å²) in [5, 5.41) is 24.4. The molecule has 2 unspecified atom stereocenters. The molecule has 2 bridgehead atoms. The van der Waals surface area contributed by atoms with Crippen molar-refractivity contribution in [3.8, 4) is 16.3 Å². The minimum atomic E-state index is -5.00. The van der Waals surface area contributed by atoms with Gasteiger partial charge in [-0.15, -0.1) is 24.5 Å². The number of fused-ring (bicyclic) bond motifs is 3. The fraction of sp³-hybridized carbons (Fsp3) is 0.500. The van der Waals surface area contributed by atoms with Gasteiger partial charge in [-0.05, 0) is 32.8 Å². The number of thiazole rings is 1. The normalized spacial score (nSPS) is 22.2. The highest BCUT2D eigenvalue weighted by molar-refractivity contribution is 7.13. The van der Waals surface area contributed by atoms with Gasteiger partial charge in [-0.2, -0.15) is 10.0 Å². The third-order valence-electron chi connectivity index (χ3n) is 5.84. The van der Waals surface area contributed by atoms with Gasteiger partial charge in [0.15, 0.2) is 16.8 Å². The predicted molar refractivity (Wildman–Crippen MR) is 110 cm³/mol. The summed E-state index contributed by atoms with van der Waals surface area (Å²) < 4.78 is 50.5. The highest BCUT2D eigenvalue weighted by Gasteiger charge is 2.42. The average Bonchev–Trinajstić information content (AvgIpc) is 3.38. The van der Waals surface area contributed by atoms with Crippen molar-refractivity contribution in [2.24, 2.45) is 0 Å². The average molecular weight is 470 g/mol. The first-order valence-corrected chi connectivity index (χ1v) is 11.0. The Balaban J connectivity index is 1.70. The Labute approximate surface area is 184 Å². The van der Waals surface area contributed by atoms with Crippen molar-refractivity contribution in [3.05, 3.63) is 23.2 Å². The Morgan fingerprint density at radius 3 is 2.47 bits per heavy atom. The van der Waals surface area contributed by atoms with E-state index in [0.717, 1.165) is 12.8 Å². The first-order valence-electron chi connectivity index (χ1n) is 10.1. The number of aromatic nitrogens is 2. The molecular formula is C20H21F3N4O4S. The van der Waals surface area contributed by atoms with E-state index in [1.807, 2.05) is 4.90 Å². The maximum Gasteiger partial charge on any atom is 0.573 e. The van der Waals surface area contributed by atoms with Gasteiger partial charge in [0.05, 0.1) is 17.7 Å². The van der Waals surface area contributed by atoms with Crippen molar-refractivity contribution >= 4 is 28.5 Å². The van der Waals surface area contributed by atoms with Crippen LogP contribution < -0.4 is 9.64 Å². The molecule has 2 fully saturated rings. The smallest absolute Gasteiger partial charge is 0.423 e. The van der Waals surface area contributed by atoms with Gasteiger partial charge in [-0.1, -0.05) is 0 Å². The number of piperazine rings is 1. The number of oxazole rings is 1. The monoisotopic (exact) mass is 470 g/mol. The van der Waals surface area contributed by atoms with Crippen LogP contribution in [0, 0.1) is 0 Å².